The number of likely N-dealkylation sites (tertiary alicyclic amines) is 1. The first-order valence-electron chi connectivity index (χ1n) is 11.0. The molecule has 1 spiro atoms. The lowest BCUT2D eigenvalue weighted by atomic mass is 9.68. The van der Waals surface area contributed by atoms with Crippen LogP contribution in [0.15, 0.2) is 29.3 Å². The summed E-state index contributed by atoms with van der Waals surface area (Å²) in [5.41, 5.74) is 2.46. The highest BCUT2D eigenvalue weighted by molar-refractivity contribution is 5.94. The van der Waals surface area contributed by atoms with E-state index in [4.69, 9.17) is 4.74 Å². The van der Waals surface area contributed by atoms with Gasteiger partial charge in [-0.15, -0.1) is 0 Å². The summed E-state index contributed by atoms with van der Waals surface area (Å²) < 4.78 is 5.73. The minimum Gasteiger partial charge on any atom is -0.372 e. The van der Waals surface area contributed by atoms with E-state index in [1.54, 1.807) is 0 Å². The van der Waals surface area contributed by atoms with Crippen molar-refractivity contribution in [1.82, 2.24) is 15.1 Å². The molecule has 1 aromatic carbocycles. The highest BCUT2D eigenvalue weighted by Crippen LogP contribution is 2.47. The van der Waals surface area contributed by atoms with E-state index < -0.39 is 0 Å². The van der Waals surface area contributed by atoms with Crippen molar-refractivity contribution in [1.29, 1.82) is 0 Å². The van der Waals surface area contributed by atoms with Crippen molar-refractivity contribution in [3.8, 4) is 0 Å². The van der Waals surface area contributed by atoms with Gasteiger partial charge >= 0.3 is 0 Å². The molecule has 0 aromatic heterocycles. The number of amides is 1. The average molecular weight is 399 g/mol. The predicted molar refractivity (Wildman–Crippen MR) is 115 cm³/mol. The van der Waals surface area contributed by atoms with Crippen molar-refractivity contribution in [2.45, 2.75) is 58.3 Å². The molecule has 1 saturated carbocycles. The summed E-state index contributed by atoms with van der Waals surface area (Å²) >= 11 is 0. The smallest absolute Gasteiger partial charge is 0.254 e. The van der Waals surface area contributed by atoms with E-state index in [-0.39, 0.29) is 18.1 Å². The van der Waals surface area contributed by atoms with E-state index in [2.05, 4.69) is 15.2 Å². The van der Waals surface area contributed by atoms with Gasteiger partial charge in [0.05, 0.1) is 12.2 Å². The van der Waals surface area contributed by atoms with Crippen LogP contribution in [0.5, 0.6) is 0 Å². The van der Waals surface area contributed by atoms with Gasteiger partial charge in [0.2, 0.25) is 0 Å². The zero-order valence-corrected chi connectivity index (χ0v) is 18.0. The van der Waals surface area contributed by atoms with Crippen molar-refractivity contribution >= 4 is 11.9 Å². The van der Waals surface area contributed by atoms with Crippen LogP contribution in [0.3, 0.4) is 0 Å². The summed E-state index contributed by atoms with van der Waals surface area (Å²) in [7, 11) is 1.86. The predicted octanol–water partition coefficient (Wildman–Crippen LogP) is 2.89. The fourth-order valence-corrected chi connectivity index (χ4v) is 5.01. The fourth-order valence-electron chi connectivity index (χ4n) is 5.01. The third kappa shape index (κ3) is 4.42. The van der Waals surface area contributed by atoms with Crippen molar-refractivity contribution < 1.29 is 9.53 Å². The Kier molecular flexibility index (Phi) is 5.81. The highest BCUT2D eigenvalue weighted by atomic mass is 16.5. The Bertz CT molecular complexity index is 747. The van der Waals surface area contributed by atoms with E-state index in [0.29, 0.717) is 18.5 Å². The van der Waals surface area contributed by atoms with Gasteiger partial charge in [0.15, 0.2) is 5.96 Å². The lowest BCUT2D eigenvalue weighted by Crippen LogP contribution is -2.48. The Morgan fingerprint density at radius 2 is 1.83 bits per heavy atom. The summed E-state index contributed by atoms with van der Waals surface area (Å²) in [5.74, 6) is 1.08. The Balaban J connectivity index is 1.31. The van der Waals surface area contributed by atoms with Gasteiger partial charge in [0.25, 0.3) is 5.91 Å². The number of carbonyl (C=O) groups is 1. The molecule has 1 aliphatic carbocycles. The van der Waals surface area contributed by atoms with Crippen LogP contribution in [0.2, 0.25) is 0 Å². The van der Waals surface area contributed by atoms with Crippen LogP contribution in [0.1, 0.15) is 55.5 Å². The second-order valence-electron chi connectivity index (χ2n) is 9.09. The monoisotopic (exact) mass is 398 g/mol. The number of carbonyl (C=O) groups excluding carboxylic acids is 1. The lowest BCUT2D eigenvalue weighted by molar-refractivity contribution is -0.0586. The Morgan fingerprint density at radius 1 is 1.14 bits per heavy atom. The van der Waals surface area contributed by atoms with Crippen LogP contribution in [0, 0.1) is 5.41 Å². The number of hydrogen-bond donors (Lipinski definition) is 1. The molecule has 2 unspecified atom stereocenters. The average Bonchev–Trinajstić information content (AvgIpc) is 3.14. The first-order valence-corrected chi connectivity index (χ1v) is 11.0. The van der Waals surface area contributed by atoms with Gasteiger partial charge in [-0.1, -0.05) is 18.6 Å². The van der Waals surface area contributed by atoms with Gasteiger partial charge in [-0.2, -0.15) is 0 Å². The first-order chi connectivity index (χ1) is 14.0. The summed E-state index contributed by atoms with van der Waals surface area (Å²) in [6.45, 7) is 8.30. The van der Waals surface area contributed by atoms with E-state index in [1.807, 2.05) is 50.1 Å². The Labute approximate surface area is 174 Å². The Morgan fingerprint density at radius 3 is 2.38 bits per heavy atom. The lowest BCUT2D eigenvalue weighted by Gasteiger charge is -2.38. The highest BCUT2D eigenvalue weighted by Gasteiger charge is 2.43. The molecular weight excluding hydrogens is 364 g/mol. The molecule has 2 saturated heterocycles. The number of guanidine groups is 1. The minimum atomic E-state index is 0.0857. The summed E-state index contributed by atoms with van der Waals surface area (Å²) in [5, 5.41) is 3.50. The van der Waals surface area contributed by atoms with Crippen LogP contribution in [-0.2, 0) is 11.3 Å². The molecule has 4 rings (SSSR count). The van der Waals surface area contributed by atoms with Gasteiger partial charge < -0.3 is 19.9 Å². The van der Waals surface area contributed by atoms with E-state index in [9.17, 15) is 4.79 Å². The first kappa shape index (κ1) is 20.2. The van der Waals surface area contributed by atoms with Crippen molar-refractivity contribution in [3.05, 3.63) is 35.4 Å². The van der Waals surface area contributed by atoms with E-state index in [1.165, 1.54) is 25.7 Å². The maximum Gasteiger partial charge on any atom is 0.254 e. The number of nitrogens with zero attached hydrogens (tertiary/aromatic N) is 3. The van der Waals surface area contributed by atoms with Gasteiger partial charge in [0, 0.05) is 45.3 Å². The number of morpholine rings is 1. The molecule has 1 N–H and O–H groups in total. The second-order valence-corrected chi connectivity index (χ2v) is 9.09. The molecule has 6 heteroatoms. The number of nitrogens with one attached hydrogen (secondary N) is 1. The molecule has 6 nitrogen and oxygen atoms in total. The maximum absolute atomic E-state index is 12.8. The van der Waals surface area contributed by atoms with Gasteiger partial charge in [-0.3, -0.25) is 9.79 Å². The van der Waals surface area contributed by atoms with E-state index in [0.717, 1.165) is 36.7 Å². The third-order valence-corrected chi connectivity index (χ3v) is 6.72. The zero-order chi connectivity index (χ0) is 20.4. The van der Waals surface area contributed by atoms with Crippen LogP contribution in [0.25, 0.3) is 0 Å². The number of rotatable bonds is 3. The molecule has 0 bridgehead atoms. The SMILES string of the molecule is CN=C(NCc1ccc(C(=O)N2CC(C)OC(C)C2)cc1)N1CCC2(CCC2)C1. The standard InChI is InChI=1S/C23H34N4O2/c1-17-14-27(15-18(2)29-17)21(28)20-7-5-19(6-8-20)13-25-22(24-3)26-12-11-23(16-26)9-4-10-23/h5-8,17-18H,4,9-16H2,1-3H3,(H,24,25). The molecule has 2 heterocycles. The van der Waals surface area contributed by atoms with Crippen LogP contribution >= 0.6 is 0 Å². The van der Waals surface area contributed by atoms with Crippen molar-refractivity contribution in [3.63, 3.8) is 0 Å². The molecule has 1 amide bonds. The molecule has 29 heavy (non-hydrogen) atoms. The number of ether oxygens (including phenoxy) is 1. The molecule has 3 fully saturated rings. The van der Waals surface area contributed by atoms with Gasteiger partial charge in [-0.05, 0) is 56.2 Å². The maximum atomic E-state index is 12.8. The quantitative estimate of drug-likeness (QED) is 0.628. The number of benzene rings is 1. The molecule has 1 aromatic rings. The number of hydrogen-bond acceptors (Lipinski definition) is 3. The second kappa shape index (κ2) is 8.34. The summed E-state index contributed by atoms with van der Waals surface area (Å²) in [6.07, 6.45) is 5.59. The Hall–Kier alpha value is -2.08. The fraction of sp³-hybridized carbons (Fsp3) is 0.652. The van der Waals surface area contributed by atoms with Gasteiger partial charge in [-0.25, -0.2) is 0 Å². The van der Waals surface area contributed by atoms with Crippen LogP contribution in [-0.4, -0.2) is 67.1 Å². The third-order valence-electron chi connectivity index (χ3n) is 6.72. The van der Waals surface area contributed by atoms with Gasteiger partial charge in [0.1, 0.15) is 0 Å². The largest absolute Gasteiger partial charge is 0.372 e. The van der Waals surface area contributed by atoms with Crippen LogP contribution < -0.4 is 5.32 Å². The minimum absolute atomic E-state index is 0.0857. The van der Waals surface area contributed by atoms with Crippen molar-refractivity contribution in [2.24, 2.45) is 10.4 Å². The molecular formula is C23H34N4O2. The molecule has 158 valence electrons. The molecule has 3 aliphatic rings. The van der Waals surface area contributed by atoms with Crippen LogP contribution in [0.4, 0.5) is 0 Å². The molecule has 2 aliphatic heterocycles. The van der Waals surface area contributed by atoms with Crippen molar-refractivity contribution in [2.75, 3.05) is 33.2 Å². The summed E-state index contributed by atoms with van der Waals surface area (Å²) in [6, 6.07) is 7.95. The van der Waals surface area contributed by atoms with E-state index >= 15 is 0 Å². The zero-order valence-electron chi connectivity index (χ0n) is 18.0. The molecule has 2 atom stereocenters. The normalized spacial score (nSPS) is 26.5. The molecule has 0 radical (unpaired) electrons. The topological polar surface area (TPSA) is 57.2 Å². The summed E-state index contributed by atoms with van der Waals surface area (Å²) in [4.78, 5) is 21.6. The number of aliphatic imine (C=N–C) groups is 1.